The summed E-state index contributed by atoms with van der Waals surface area (Å²) < 4.78 is 43.2. The van der Waals surface area contributed by atoms with Crippen LogP contribution in [0, 0.1) is 6.92 Å². The van der Waals surface area contributed by atoms with E-state index in [1.54, 1.807) is 24.0 Å². The standard InChI is InChI=1S/C15H16F3N3O2/c1-9-4-5-12(23-9)14(22)21-6-2-3-10(8-21)11-7-13(20-19-11)15(16,17)18/h4-5,7,10H,2-3,6,8H2,1H3,(H,19,20)/t10-/m1/s1. The normalized spacial score (nSPS) is 19.1. The van der Waals surface area contributed by atoms with E-state index in [9.17, 15) is 18.0 Å². The summed E-state index contributed by atoms with van der Waals surface area (Å²) in [7, 11) is 0. The second kappa shape index (κ2) is 5.75. The number of amides is 1. The van der Waals surface area contributed by atoms with Crippen LogP contribution in [0.5, 0.6) is 0 Å². The maximum Gasteiger partial charge on any atom is 0.435 e. The molecule has 1 N–H and O–H groups in total. The molecule has 2 aromatic heterocycles. The Labute approximate surface area is 130 Å². The lowest BCUT2D eigenvalue weighted by molar-refractivity contribution is -0.141. The summed E-state index contributed by atoms with van der Waals surface area (Å²) in [6, 6.07) is 4.34. The predicted octanol–water partition coefficient (Wildman–Crippen LogP) is 3.35. The Morgan fingerprint density at radius 1 is 1.43 bits per heavy atom. The second-order valence-corrected chi connectivity index (χ2v) is 5.71. The minimum atomic E-state index is -4.47. The topological polar surface area (TPSA) is 62.1 Å². The number of nitrogens with zero attached hydrogens (tertiary/aromatic N) is 2. The summed E-state index contributed by atoms with van der Waals surface area (Å²) in [5.74, 6) is 0.472. The number of nitrogens with one attached hydrogen (secondary N) is 1. The average molecular weight is 327 g/mol. The third kappa shape index (κ3) is 3.25. The highest BCUT2D eigenvalue weighted by Gasteiger charge is 2.35. The smallest absolute Gasteiger partial charge is 0.435 e. The molecule has 1 amide bonds. The Bertz CT molecular complexity index is 705. The molecule has 1 aliphatic rings. The van der Waals surface area contributed by atoms with Gasteiger partial charge in [-0.05, 0) is 38.0 Å². The summed E-state index contributed by atoms with van der Waals surface area (Å²) >= 11 is 0. The molecule has 8 heteroatoms. The Morgan fingerprint density at radius 3 is 2.83 bits per heavy atom. The number of furan rings is 1. The predicted molar refractivity (Wildman–Crippen MR) is 74.9 cm³/mol. The molecule has 1 aliphatic heterocycles. The Hall–Kier alpha value is -2.25. The van der Waals surface area contributed by atoms with Gasteiger partial charge in [0.05, 0.1) is 0 Å². The number of hydrogen-bond donors (Lipinski definition) is 1. The van der Waals surface area contributed by atoms with Crippen LogP contribution in [-0.4, -0.2) is 34.1 Å². The molecule has 0 radical (unpaired) electrons. The van der Waals surface area contributed by atoms with E-state index in [1.807, 2.05) is 0 Å². The van der Waals surface area contributed by atoms with Crippen LogP contribution in [0.1, 0.15) is 46.5 Å². The van der Waals surface area contributed by atoms with Gasteiger partial charge in [0, 0.05) is 24.7 Å². The fourth-order valence-corrected chi connectivity index (χ4v) is 2.81. The molecule has 0 bridgehead atoms. The van der Waals surface area contributed by atoms with E-state index in [0.717, 1.165) is 12.5 Å². The molecule has 23 heavy (non-hydrogen) atoms. The highest BCUT2D eigenvalue weighted by atomic mass is 19.4. The number of halogens is 3. The Balaban J connectivity index is 1.73. The Morgan fingerprint density at radius 2 is 2.22 bits per heavy atom. The number of aromatic amines is 1. The first-order chi connectivity index (χ1) is 10.8. The first kappa shape index (κ1) is 15.6. The van der Waals surface area contributed by atoms with Crippen molar-refractivity contribution in [3.63, 3.8) is 0 Å². The van der Waals surface area contributed by atoms with Gasteiger partial charge in [-0.25, -0.2) is 0 Å². The molecule has 1 saturated heterocycles. The highest BCUT2D eigenvalue weighted by Crippen LogP contribution is 2.32. The van der Waals surface area contributed by atoms with Gasteiger partial charge in [0.1, 0.15) is 5.76 Å². The maximum absolute atomic E-state index is 12.6. The van der Waals surface area contributed by atoms with Gasteiger partial charge in [0.25, 0.3) is 5.91 Å². The van der Waals surface area contributed by atoms with E-state index in [-0.39, 0.29) is 17.6 Å². The van der Waals surface area contributed by atoms with Gasteiger partial charge in [-0.2, -0.15) is 18.3 Å². The molecule has 0 unspecified atom stereocenters. The van der Waals surface area contributed by atoms with Crippen molar-refractivity contribution in [3.8, 4) is 0 Å². The number of hydrogen-bond acceptors (Lipinski definition) is 3. The number of aryl methyl sites for hydroxylation is 1. The van der Waals surface area contributed by atoms with Gasteiger partial charge in [-0.15, -0.1) is 0 Å². The van der Waals surface area contributed by atoms with Gasteiger partial charge >= 0.3 is 6.18 Å². The molecule has 1 fully saturated rings. The molecular formula is C15H16F3N3O2. The van der Waals surface area contributed by atoms with Crippen LogP contribution >= 0.6 is 0 Å². The van der Waals surface area contributed by atoms with Crippen molar-refractivity contribution in [2.45, 2.75) is 31.9 Å². The number of piperidine rings is 1. The summed E-state index contributed by atoms with van der Waals surface area (Å²) in [6.45, 7) is 2.66. The zero-order valence-electron chi connectivity index (χ0n) is 12.5. The molecule has 1 atom stereocenters. The van der Waals surface area contributed by atoms with Crippen molar-refractivity contribution in [2.75, 3.05) is 13.1 Å². The molecule has 3 heterocycles. The van der Waals surface area contributed by atoms with E-state index in [4.69, 9.17) is 4.42 Å². The summed E-state index contributed by atoms with van der Waals surface area (Å²) in [6.07, 6.45) is -3.04. The number of likely N-dealkylation sites (tertiary alicyclic amines) is 1. The van der Waals surface area contributed by atoms with Crippen molar-refractivity contribution in [1.82, 2.24) is 15.1 Å². The van der Waals surface area contributed by atoms with Gasteiger partial charge < -0.3 is 9.32 Å². The summed E-state index contributed by atoms with van der Waals surface area (Å²) in [5, 5.41) is 5.78. The molecule has 2 aromatic rings. The lowest BCUT2D eigenvalue weighted by atomic mass is 9.94. The molecule has 3 rings (SSSR count). The van der Waals surface area contributed by atoms with Crippen molar-refractivity contribution in [1.29, 1.82) is 0 Å². The van der Waals surface area contributed by atoms with Crippen molar-refractivity contribution in [2.24, 2.45) is 0 Å². The van der Waals surface area contributed by atoms with Gasteiger partial charge in [-0.1, -0.05) is 0 Å². The number of rotatable bonds is 2. The van der Waals surface area contributed by atoms with Crippen LogP contribution in [0.4, 0.5) is 13.2 Å². The number of H-pyrrole nitrogens is 1. The third-order valence-corrected chi connectivity index (χ3v) is 3.99. The number of alkyl halides is 3. The quantitative estimate of drug-likeness (QED) is 0.920. The SMILES string of the molecule is Cc1ccc(C(=O)N2CCC[C@@H](c3cc(C(F)(F)F)n[nH]3)C2)o1. The van der Waals surface area contributed by atoms with Crippen molar-refractivity contribution in [3.05, 3.63) is 41.1 Å². The van der Waals surface area contributed by atoms with Crippen LogP contribution < -0.4 is 0 Å². The summed E-state index contributed by atoms with van der Waals surface area (Å²) in [4.78, 5) is 14.0. The fraction of sp³-hybridized carbons (Fsp3) is 0.467. The van der Waals surface area contributed by atoms with Crippen LogP contribution in [0.2, 0.25) is 0 Å². The monoisotopic (exact) mass is 327 g/mol. The zero-order valence-corrected chi connectivity index (χ0v) is 12.5. The fourth-order valence-electron chi connectivity index (χ4n) is 2.81. The van der Waals surface area contributed by atoms with Crippen LogP contribution in [0.3, 0.4) is 0 Å². The van der Waals surface area contributed by atoms with E-state index in [1.165, 1.54) is 0 Å². The molecule has 124 valence electrons. The number of carbonyl (C=O) groups excluding carboxylic acids is 1. The minimum Gasteiger partial charge on any atom is -0.456 e. The number of aromatic nitrogens is 2. The van der Waals surface area contributed by atoms with Crippen LogP contribution in [0.25, 0.3) is 0 Å². The van der Waals surface area contributed by atoms with Crippen LogP contribution in [0.15, 0.2) is 22.6 Å². The lowest BCUT2D eigenvalue weighted by Crippen LogP contribution is -2.39. The largest absolute Gasteiger partial charge is 0.456 e. The molecule has 0 aromatic carbocycles. The molecule has 0 spiro atoms. The average Bonchev–Trinajstić information content (AvgIpc) is 3.15. The molecule has 0 saturated carbocycles. The van der Waals surface area contributed by atoms with Crippen molar-refractivity contribution < 1.29 is 22.4 Å². The first-order valence-electron chi connectivity index (χ1n) is 7.33. The minimum absolute atomic E-state index is 0.188. The van der Waals surface area contributed by atoms with Gasteiger partial charge in [-0.3, -0.25) is 9.89 Å². The molecular weight excluding hydrogens is 311 g/mol. The third-order valence-electron chi connectivity index (χ3n) is 3.99. The van der Waals surface area contributed by atoms with E-state index >= 15 is 0 Å². The highest BCUT2D eigenvalue weighted by molar-refractivity contribution is 5.91. The maximum atomic E-state index is 12.6. The molecule has 0 aliphatic carbocycles. The first-order valence-corrected chi connectivity index (χ1v) is 7.33. The summed E-state index contributed by atoms with van der Waals surface area (Å²) in [5.41, 5.74) is -0.525. The zero-order chi connectivity index (χ0) is 16.6. The van der Waals surface area contributed by atoms with Crippen LogP contribution in [-0.2, 0) is 6.18 Å². The van der Waals surface area contributed by atoms with E-state index in [2.05, 4.69) is 10.2 Å². The number of carbonyl (C=O) groups is 1. The Kier molecular flexibility index (Phi) is 3.91. The molecule has 5 nitrogen and oxygen atoms in total. The van der Waals surface area contributed by atoms with Gasteiger partial charge in [0.2, 0.25) is 0 Å². The van der Waals surface area contributed by atoms with E-state index in [0.29, 0.717) is 31.0 Å². The van der Waals surface area contributed by atoms with Gasteiger partial charge in [0.15, 0.2) is 11.5 Å². The van der Waals surface area contributed by atoms with E-state index < -0.39 is 11.9 Å². The second-order valence-electron chi connectivity index (χ2n) is 5.71. The lowest BCUT2D eigenvalue weighted by Gasteiger charge is -2.31. The van der Waals surface area contributed by atoms with Crippen molar-refractivity contribution >= 4 is 5.91 Å².